The lowest BCUT2D eigenvalue weighted by molar-refractivity contribution is 0.240. The number of nitrogens with one attached hydrogen (secondary N) is 1. The summed E-state index contributed by atoms with van der Waals surface area (Å²) < 4.78 is 0. The SMILES string of the molecule is CCCCN(CCCC1CCCNC1)C1CC1. The number of hydrogen-bond donors (Lipinski definition) is 1. The van der Waals surface area contributed by atoms with Gasteiger partial charge in [-0.05, 0) is 77.0 Å². The van der Waals surface area contributed by atoms with E-state index in [1.54, 1.807) is 0 Å². The minimum Gasteiger partial charge on any atom is -0.316 e. The average Bonchev–Trinajstić information content (AvgIpc) is 3.19. The van der Waals surface area contributed by atoms with Crippen molar-refractivity contribution < 1.29 is 0 Å². The van der Waals surface area contributed by atoms with Crippen LogP contribution in [0.3, 0.4) is 0 Å². The van der Waals surface area contributed by atoms with Crippen molar-refractivity contribution >= 4 is 0 Å². The van der Waals surface area contributed by atoms with Crippen molar-refractivity contribution in [3.05, 3.63) is 0 Å². The molecule has 1 aliphatic heterocycles. The quantitative estimate of drug-likeness (QED) is 0.699. The van der Waals surface area contributed by atoms with Gasteiger partial charge in [0, 0.05) is 6.04 Å². The minimum atomic E-state index is 0.964. The molecule has 0 aromatic carbocycles. The van der Waals surface area contributed by atoms with Crippen LogP contribution in [0, 0.1) is 5.92 Å². The number of piperidine rings is 1. The normalized spacial score (nSPS) is 25.4. The maximum absolute atomic E-state index is 3.53. The lowest BCUT2D eigenvalue weighted by Gasteiger charge is -2.25. The van der Waals surface area contributed by atoms with E-state index in [4.69, 9.17) is 0 Å². The number of rotatable bonds is 8. The van der Waals surface area contributed by atoms with E-state index >= 15 is 0 Å². The summed E-state index contributed by atoms with van der Waals surface area (Å²) in [6.07, 6.45) is 11.4. The van der Waals surface area contributed by atoms with Crippen LogP contribution < -0.4 is 5.32 Å². The van der Waals surface area contributed by atoms with Gasteiger partial charge in [0.05, 0.1) is 0 Å². The summed E-state index contributed by atoms with van der Waals surface area (Å²) >= 11 is 0. The molecule has 0 aromatic rings. The molecule has 2 fully saturated rings. The van der Waals surface area contributed by atoms with Gasteiger partial charge in [0.15, 0.2) is 0 Å². The summed E-state index contributed by atoms with van der Waals surface area (Å²) in [7, 11) is 0. The molecule has 1 aliphatic carbocycles. The predicted molar refractivity (Wildman–Crippen MR) is 74.3 cm³/mol. The fourth-order valence-corrected chi connectivity index (χ4v) is 3.03. The van der Waals surface area contributed by atoms with Gasteiger partial charge in [-0.1, -0.05) is 13.3 Å². The van der Waals surface area contributed by atoms with Crippen molar-refractivity contribution in [1.29, 1.82) is 0 Å². The Morgan fingerprint density at radius 3 is 2.59 bits per heavy atom. The van der Waals surface area contributed by atoms with Crippen molar-refractivity contribution in [3.8, 4) is 0 Å². The molecule has 0 radical (unpaired) electrons. The highest BCUT2D eigenvalue weighted by Crippen LogP contribution is 2.27. The fourth-order valence-electron chi connectivity index (χ4n) is 3.03. The molecule has 0 spiro atoms. The minimum absolute atomic E-state index is 0.964. The lowest BCUT2D eigenvalue weighted by atomic mass is 9.94. The van der Waals surface area contributed by atoms with Crippen molar-refractivity contribution in [2.45, 2.75) is 64.3 Å². The molecule has 2 aliphatic rings. The standard InChI is InChI=1S/C15H30N2/c1-2-3-11-17(15-8-9-15)12-5-7-14-6-4-10-16-13-14/h14-16H,2-13H2,1H3. The Labute approximate surface area is 107 Å². The molecule has 1 unspecified atom stereocenters. The summed E-state index contributed by atoms with van der Waals surface area (Å²) in [6.45, 7) is 7.55. The van der Waals surface area contributed by atoms with Gasteiger partial charge in [0.1, 0.15) is 0 Å². The highest BCUT2D eigenvalue weighted by Gasteiger charge is 2.28. The molecule has 1 saturated heterocycles. The maximum Gasteiger partial charge on any atom is 0.00964 e. The number of unbranched alkanes of at least 4 members (excludes halogenated alkanes) is 1. The highest BCUT2D eigenvalue weighted by atomic mass is 15.2. The van der Waals surface area contributed by atoms with E-state index in [0.717, 1.165) is 12.0 Å². The first kappa shape index (κ1) is 13.4. The van der Waals surface area contributed by atoms with Gasteiger partial charge < -0.3 is 10.2 Å². The molecule has 1 saturated carbocycles. The van der Waals surface area contributed by atoms with Gasteiger partial charge in [0.25, 0.3) is 0 Å². The monoisotopic (exact) mass is 238 g/mol. The summed E-state index contributed by atoms with van der Waals surface area (Å²) in [5.41, 5.74) is 0. The molecular formula is C15H30N2. The Balaban J connectivity index is 1.57. The molecule has 1 heterocycles. The van der Waals surface area contributed by atoms with Gasteiger partial charge in [-0.25, -0.2) is 0 Å². The molecule has 0 bridgehead atoms. The average molecular weight is 238 g/mol. The Kier molecular flexibility index (Phi) is 5.79. The van der Waals surface area contributed by atoms with Gasteiger partial charge in [-0.15, -0.1) is 0 Å². The van der Waals surface area contributed by atoms with Crippen molar-refractivity contribution in [3.63, 3.8) is 0 Å². The largest absolute Gasteiger partial charge is 0.316 e. The maximum atomic E-state index is 3.53. The Morgan fingerprint density at radius 1 is 1.12 bits per heavy atom. The van der Waals surface area contributed by atoms with Crippen LogP contribution in [0.1, 0.15) is 58.3 Å². The zero-order chi connectivity index (χ0) is 11.9. The van der Waals surface area contributed by atoms with E-state index < -0.39 is 0 Å². The van der Waals surface area contributed by atoms with Crippen LogP contribution in [0.5, 0.6) is 0 Å². The van der Waals surface area contributed by atoms with E-state index in [-0.39, 0.29) is 0 Å². The smallest absolute Gasteiger partial charge is 0.00964 e. The summed E-state index contributed by atoms with van der Waals surface area (Å²) in [6, 6.07) is 0.964. The molecule has 1 N–H and O–H groups in total. The van der Waals surface area contributed by atoms with E-state index in [2.05, 4.69) is 17.1 Å². The van der Waals surface area contributed by atoms with Crippen LogP contribution in [0.25, 0.3) is 0 Å². The molecule has 17 heavy (non-hydrogen) atoms. The van der Waals surface area contributed by atoms with E-state index in [0.29, 0.717) is 0 Å². The van der Waals surface area contributed by atoms with Gasteiger partial charge >= 0.3 is 0 Å². The molecule has 0 amide bonds. The number of nitrogens with zero attached hydrogens (tertiary/aromatic N) is 1. The number of hydrogen-bond acceptors (Lipinski definition) is 2. The molecule has 2 heteroatoms. The highest BCUT2D eigenvalue weighted by molar-refractivity contribution is 4.84. The third-order valence-electron chi connectivity index (χ3n) is 4.32. The van der Waals surface area contributed by atoms with Gasteiger partial charge in [0.2, 0.25) is 0 Å². The topological polar surface area (TPSA) is 15.3 Å². The summed E-state index contributed by atoms with van der Waals surface area (Å²) in [5.74, 6) is 0.968. The lowest BCUT2D eigenvalue weighted by Crippen LogP contribution is -2.32. The molecular weight excluding hydrogens is 208 g/mol. The third kappa shape index (κ3) is 4.97. The van der Waals surface area contributed by atoms with Crippen molar-refractivity contribution in [1.82, 2.24) is 10.2 Å². The Bertz CT molecular complexity index is 195. The molecule has 100 valence electrons. The second kappa shape index (κ2) is 7.38. The van der Waals surface area contributed by atoms with Gasteiger partial charge in [-0.3, -0.25) is 0 Å². The van der Waals surface area contributed by atoms with Crippen LogP contribution in [-0.2, 0) is 0 Å². The van der Waals surface area contributed by atoms with Gasteiger partial charge in [-0.2, -0.15) is 0 Å². The van der Waals surface area contributed by atoms with Crippen LogP contribution >= 0.6 is 0 Å². The van der Waals surface area contributed by atoms with E-state index in [1.165, 1.54) is 77.5 Å². The van der Waals surface area contributed by atoms with E-state index in [9.17, 15) is 0 Å². The molecule has 1 atom stereocenters. The first-order valence-corrected chi connectivity index (χ1v) is 7.85. The first-order chi connectivity index (χ1) is 8.40. The molecule has 2 rings (SSSR count). The Hall–Kier alpha value is -0.0800. The molecule has 0 aromatic heterocycles. The zero-order valence-corrected chi connectivity index (χ0v) is 11.6. The predicted octanol–water partition coefficient (Wildman–Crippen LogP) is 3.03. The van der Waals surface area contributed by atoms with Crippen LogP contribution in [0.4, 0.5) is 0 Å². The fraction of sp³-hybridized carbons (Fsp3) is 1.00. The second-order valence-corrected chi connectivity index (χ2v) is 5.98. The first-order valence-electron chi connectivity index (χ1n) is 7.85. The van der Waals surface area contributed by atoms with Crippen molar-refractivity contribution in [2.24, 2.45) is 5.92 Å². The van der Waals surface area contributed by atoms with Crippen molar-refractivity contribution in [2.75, 3.05) is 26.2 Å². The van der Waals surface area contributed by atoms with Crippen LogP contribution in [-0.4, -0.2) is 37.1 Å². The van der Waals surface area contributed by atoms with E-state index in [1.807, 2.05) is 0 Å². The molecule has 2 nitrogen and oxygen atoms in total. The van der Waals surface area contributed by atoms with Crippen LogP contribution in [0.15, 0.2) is 0 Å². The van der Waals surface area contributed by atoms with Crippen LogP contribution in [0.2, 0.25) is 0 Å². The summed E-state index contributed by atoms with van der Waals surface area (Å²) in [5, 5.41) is 3.53. The third-order valence-corrected chi connectivity index (χ3v) is 4.32. The zero-order valence-electron chi connectivity index (χ0n) is 11.6. The Morgan fingerprint density at radius 2 is 1.94 bits per heavy atom. The second-order valence-electron chi connectivity index (χ2n) is 5.98. The summed E-state index contributed by atoms with van der Waals surface area (Å²) in [4.78, 5) is 2.76.